The van der Waals surface area contributed by atoms with E-state index in [1.165, 1.54) is 0 Å². The largest absolute Gasteiger partial charge is 0.479 e. The summed E-state index contributed by atoms with van der Waals surface area (Å²) in [5, 5.41) is 8.20. The molecule has 1 aliphatic rings. The molecular formula is C7H12N2O4. The van der Waals surface area contributed by atoms with Gasteiger partial charge in [0.25, 0.3) is 5.91 Å². The molecule has 4 N–H and O–H groups in total. The molecular weight excluding hydrogens is 176 g/mol. The van der Waals surface area contributed by atoms with Crippen molar-refractivity contribution < 1.29 is 19.5 Å². The Morgan fingerprint density at radius 3 is 2.54 bits per heavy atom. The van der Waals surface area contributed by atoms with Crippen molar-refractivity contribution >= 4 is 11.9 Å². The maximum atomic E-state index is 11.2. The van der Waals surface area contributed by atoms with Gasteiger partial charge in [0.05, 0.1) is 5.41 Å². The first kappa shape index (κ1) is 9.94. The number of carboxylic acid groups (broad SMARTS) is 1. The molecule has 0 aromatic rings. The maximum absolute atomic E-state index is 11.2. The minimum Gasteiger partial charge on any atom is -0.479 e. The van der Waals surface area contributed by atoms with Crippen molar-refractivity contribution in [3.05, 3.63) is 0 Å². The van der Waals surface area contributed by atoms with Gasteiger partial charge in [-0.1, -0.05) is 0 Å². The van der Waals surface area contributed by atoms with Crippen LogP contribution in [-0.2, 0) is 14.4 Å². The van der Waals surface area contributed by atoms with Crippen molar-refractivity contribution in [3.63, 3.8) is 0 Å². The lowest BCUT2D eigenvalue weighted by atomic mass is 10.1. The molecule has 0 atom stereocenters. The predicted molar refractivity (Wildman–Crippen MR) is 42.5 cm³/mol. The molecule has 0 saturated heterocycles. The second kappa shape index (κ2) is 3.71. The van der Waals surface area contributed by atoms with E-state index in [2.05, 4.69) is 10.3 Å². The Morgan fingerprint density at radius 1 is 1.54 bits per heavy atom. The van der Waals surface area contributed by atoms with E-state index in [9.17, 15) is 9.59 Å². The highest BCUT2D eigenvalue weighted by atomic mass is 16.7. The number of carbonyl (C=O) groups is 2. The van der Waals surface area contributed by atoms with Crippen LogP contribution in [0.5, 0.6) is 0 Å². The summed E-state index contributed by atoms with van der Waals surface area (Å²) >= 11 is 0. The first-order chi connectivity index (χ1) is 6.10. The Labute approximate surface area is 75.0 Å². The molecule has 0 unspecified atom stereocenters. The Bertz CT molecular complexity index is 225. The Kier molecular flexibility index (Phi) is 2.84. The van der Waals surface area contributed by atoms with Gasteiger partial charge in [-0.15, -0.1) is 0 Å². The van der Waals surface area contributed by atoms with E-state index in [0.29, 0.717) is 0 Å². The van der Waals surface area contributed by atoms with Crippen LogP contribution in [0.15, 0.2) is 0 Å². The van der Waals surface area contributed by atoms with Crippen LogP contribution in [0.1, 0.15) is 12.8 Å². The number of hydrogen-bond acceptors (Lipinski definition) is 4. The van der Waals surface area contributed by atoms with Crippen LogP contribution in [-0.4, -0.2) is 30.1 Å². The van der Waals surface area contributed by atoms with Crippen molar-refractivity contribution in [2.75, 3.05) is 13.2 Å². The number of nitrogens with two attached hydrogens (primary N) is 1. The van der Waals surface area contributed by atoms with E-state index >= 15 is 0 Å². The Hall–Kier alpha value is -1.14. The fourth-order valence-corrected chi connectivity index (χ4v) is 0.946. The van der Waals surface area contributed by atoms with Gasteiger partial charge in [-0.3, -0.25) is 9.63 Å². The second-order valence-corrected chi connectivity index (χ2v) is 3.10. The molecule has 13 heavy (non-hydrogen) atoms. The van der Waals surface area contributed by atoms with E-state index in [1.807, 2.05) is 0 Å². The zero-order valence-corrected chi connectivity index (χ0v) is 7.08. The van der Waals surface area contributed by atoms with E-state index < -0.39 is 18.0 Å². The maximum Gasteiger partial charge on any atom is 0.332 e. The van der Waals surface area contributed by atoms with Crippen LogP contribution in [0.2, 0.25) is 0 Å². The summed E-state index contributed by atoms with van der Waals surface area (Å²) in [6, 6.07) is 0. The van der Waals surface area contributed by atoms with Crippen LogP contribution in [0.25, 0.3) is 0 Å². The molecule has 1 amide bonds. The average molecular weight is 188 g/mol. The quantitative estimate of drug-likeness (QED) is 0.473. The molecule has 0 heterocycles. The topological polar surface area (TPSA) is 102 Å². The summed E-state index contributed by atoms with van der Waals surface area (Å²) < 4.78 is 0. The number of hydroxylamine groups is 1. The molecule has 74 valence electrons. The van der Waals surface area contributed by atoms with Crippen LogP contribution < -0.4 is 11.2 Å². The highest BCUT2D eigenvalue weighted by molar-refractivity contribution is 5.84. The van der Waals surface area contributed by atoms with Gasteiger partial charge in [-0.25, -0.2) is 10.3 Å². The molecule has 1 fully saturated rings. The minimum atomic E-state index is -1.13. The fourth-order valence-electron chi connectivity index (χ4n) is 0.946. The lowest BCUT2D eigenvalue weighted by Gasteiger charge is -2.11. The summed E-state index contributed by atoms with van der Waals surface area (Å²) in [6.45, 7) is -0.262. The van der Waals surface area contributed by atoms with Gasteiger partial charge in [0.1, 0.15) is 0 Å². The molecule has 1 aliphatic carbocycles. The van der Waals surface area contributed by atoms with Crippen LogP contribution in [0.3, 0.4) is 0 Å². The Morgan fingerprint density at radius 2 is 2.15 bits per heavy atom. The number of amides is 1. The van der Waals surface area contributed by atoms with Crippen molar-refractivity contribution in [2.24, 2.45) is 11.1 Å². The van der Waals surface area contributed by atoms with Crippen LogP contribution in [0.4, 0.5) is 0 Å². The standard InChI is InChI=1S/C7H12N2O4/c8-4-7(1-2-7)6(12)9-13-3-5(10)11/h1-4,8H2,(H,9,12)(H,10,11). The van der Waals surface area contributed by atoms with E-state index in [0.717, 1.165) is 12.8 Å². The van der Waals surface area contributed by atoms with E-state index in [-0.39, 0.29) is 12.5 Å². The lowest BCUT2D eigenvalue weighted by molar-refractivity contribution is -0.151. The van der Waals surface area contributed by atoms with E-state index in [1.54, 1.807) is 0 Å². The van der Waals surface area contributed by atoms with Gasteiger partial charge in [0, 0.05) is 6.54 Å². The third kappa shape index (κ3) is 2.40. The van der Waals surface area contributed by atoms with Gasteiger partial charge < -0.3 is 10.8 Å². The van der Waals surface area contributed by atoms with Crippen molar-refractivity contribution in [1.29, 1.82) is 0 Å². The average Bonchev–Trinajstić information content (AvgIpc) is 2.83. The lowest BCUT2D eigenvalue weighted by Crippen LogP contribution is -2.37. The van der Waals surface area contributed by atoms with Crippen LogP contribution >= 0.6 is 0 Å². The number of hydrogen-bond donors (Lipinski definition) is 3. The first-order valence-electron chi connectivity index (χ1n) is 3.95. The molecule has 1 rings (SSSR count). The first-order valence-corrected chi connectivity index (χ1v) is 3.95. The normalized spacial score (nSPS) is 17.9. The summed E-state index contributed by atoms with van der Waals surface area (Å²) in [7, 11) is 0. The third-order valence-electron chi connectivity index (χ3n) is 2.09. The zero-order valence-electron chi connectivity index (χ0n) is 7.08. The van der Waals surface area contributed by atoms with E-state index in [4.69, 9.17) is 10.8 Å². The second-order valence-electron chi connectivity index (χ2n) is 3.10. The smallest absolute Gasteiger partial charge is 0.332 e. The van der Waals surface area contributed by atoms with Gasteiger partial charge in [-0.2, -0.15) is 0 Å². The third-order valence-corrected chi connectivity index (χ3v) is 2.09. The monoisotopic (exact) mass is 188 g/mol. The summed E-state index contributed by atoms with van der Waals surface area (Å²) in [6.07, 6.45) is 1.48. The molecule has 0 bridgehead atoms. The molecule has 0 aromatic carbocycles. The molecule has 0 aromatic heterocycles. The number of nitrogens with one attached hydrogen (secondary N) is 1. The zero-order chi connectivity index (χ0) is 9.90. The number of rotatable bonds is 5. The highest BCUT2D eigenvalue weighted by Crippen LogP contribution is 2.44. The number of aliphatic carboxylic acids is 1. The van der Waals surface area contributed by atoms with Crippen molar-refractivity contribution in [2.45, 2.75) is 12.8 Å². The molecule has 1 saturated carbocycles. The number of carboxylic acids is 1. The van der Waals surface area contributed by atoms with Crippen molar-refractivity contribution in [3.8, 4) is 0 Å². The predicted octanol–water partition coefficient (Wildman–Crippen LogP) is -1.14. The molecule has 6 nitrogen and oxygen atoms in total. The van der Waals surface area contributed by atoms with Gasteiger partial charge in [0.15, 0.2) is 6.61 Å². The van der Waals surface area contributed by atoms with Crippen LogP contribution in [0, 0.1) is 5.41 Å². The molecule has 6 heteroatoms. The van der Waals surface area contributed by atoms with Gasteiger partial charge in [-0.05, 0) is 12.8 Å². The molecule has 0 radical (unpaired) electrons. The summed E-state index contributed by atoms with van der Waals surface area (Å²) in [5.74, 6) is -1.45. The van der Waals surface area contributed by atoms with Gasteiger partial charge >= 0.3 is 5.97 Å². The SMILES string of the molecule is NCC1(C(=O)NOCC(=O)O)CC1. The fraction of sp³-hybridized carbons (Fsp3) is 0.714. The van der Waals surface area contributed by atoms with Gasteiger partial charge in [0.2, 0.25) is 0 Å². The molecule has 0 spiro atoms. The minimum absolute atomic E-state index is 0.273. The number of carbonyl (C=O) groups excluding carboxylic acids is 1. The summed E-state index contributed by atoms with van der Waals surface area (Å²) in [5.41, 5.74) is 6.93. The highest BCUT2D eigenvalue weighted by Gasteiger charge is 2.48. The van der Waals surface area contributed by atoms with Crippen molar-refractivity contribution in [1.82, 2.24) is 5.48 Å². The Balaban J connectivity index is 2.22. The molecule has 0 aliphatic heterocycles. The summed E-state index contributed by atoms with van der Waals surface area (Å²) in [4.78, 5) is 25.7.